The van der Waals surface area contributed by atoms with Gasteiger partial charge in [0, 0.05) is 12.5 Å². The van der Waals surface area contributed by atoms with Crippen molar-refractivity contribution in [1.82, 2.24) is 10.2 Å². The van der Waals surface area contributed by atoms with Crippen molar-refractivity contribution >= 4 is 17.7 Å². The molecule has 1 amide bonds. The van der Waals surface area contributed by atoms with Gasteiger partial charge in [0.1, 0.15) is 11.4 Å². The van der Waals surface area contributed by atoms with Crippen LogP contribution in [0.3, 0.4) is 0 Å². The van der Waals surface area contributed by atoms with Gasteiger partial charge in [-0.3, -0.25) is 9.89 Å². The standard InChI is InChI=1S/C14H15N3O4/c1-21-10-4-2-3-9(7-10)5-6-13(18)15-12-8-11(14(19)20)16-17-12/h2-4,7-8H,5-6H2,1H3,(H,19,20)(H2,15,16,17,18). The summed E-state index contributed by atoms with van der Waals surface area (Å²) in [5.74, 6) is -0.421. The van der Waals surface area contributed by atoms with Crippen LogP contribution in [0, 0.1) is 0 Å². The molecule has 0 saturated carbocycles. The number of nitrogens with one attached hydrogen (secondary N) is 2. The minimum atomic E-state index is -1.13. The Morgan fingerprint density at radius 1 is 1.38 bits per heavy atom. The molecule has 110 valence electrons. The number of carbonyl (C=O) groups is 2. The van der Waals surface area contributed by atoms with Crippen LogP contribution in [0.4, 0.5) is 5.82 Å². The largest absolute Gasteiger partial charge is 0.497 e. The topological polar surface area (TPSA) is 104 Å². The highest BCUT2D eigenvalue weighted by molar-refractivity contribution is 5.92. The first kappa shape index (κ1) is 14.6. The number of ether oxygens (including phenoxy) is 1. The zero-order valence-corrected chi connectivity index (χ0v) is 11.4. The summed E-state index contributed by atoms with van der Waals surface area (Å²) in [5, 5.41) is 17.3. The third kappa shape index (κ3) is 4.07. The highest BCUT2D eigenvalue weighted by Crippen LogP contribution is 2.14. The monoisotopic (exact) mass is 289 g/mol. The van der Waals surface area contributed by atoms with E-state index in [0.717, 1.165) is 11.3 Å². The van der Waals surface area contributed by atoms with Crippen LogP contribution in [0.2, 0.25) is 0 Å². The van der Waals surface area contributed by atoms with Gasteiger partial charge in [-0.1, -0.05) is 12.1 Å². The van der Waals surface area contributed by atoms with Gasteiger partial charge in [-0.15, -0.1) is 0 Å². The Morgan fingerprint density at radius 3 is 2.86 bits per heavy atom. The number of benzene rings is 1. The van der Waals surface area contributed by atoms with Crippen LogP contribution < -0.4 is 10.1 Å². The van der Waals surface area contributed by atoms with Crippen LogP contribution in [-0.2, 0) is 11.2 Å². The summed E-state index contributed by atoms with van der Waals surface area (Å²) in [7, 11) is 1.59. The molecule has 3 N–H and O–H groups in total. The van der Waals surface area contributed by atoms with Gasteiger partial charge in [0.25, 0.3) is 0 Å². The first-order valence-electron chi connectivity index (χ1n) is 6.30. The van der Waals surface area contributed by atoms with Crippen LogP contribution >= 0.6 is 0 Å². The maximum atomic E-state index is 11.8. The van der Waals surface area contributed by atoms with Gasteiger partial charge in [0.05, 0.1) is 7.11 Å². The lowest BCUT2D eigenvalue weighted by molar-refractivity contribution is -0.116. The van der Waals surface area contributed by atoms with E-state index in [1.165, 1.54) is 6.07 Å². The fraction of sp³-hybridized carbons (Fsp3) is 0.214. The van der Waals surface area contributed by atoms with E-state index >= 15 is 0 Å². The van der Waals surface area contributed by atoms with Crippen molar-refractivity contribution in [2.24, 2.45) is 0 Å². The van der Waals surface area contributed by atoms with Crippen molar-refractivity contribution < 1.29 is 19.4 Å². The number of carboxylic acid groups (broad SMARTS) is 1. The quantitative estimate of drug-likeness (QED) is 0.750. The molecule has 0 saturated heterocycles. The molecule has 0 atom stereocenters. The van der Waals surface area contributed by atoms with Gasteiger partial charge < -0.3 is 15.2 Å². The summed E-state index contributed by atoms with van der Waals surface area (Å²) in [6.07, 6.45) is 0.821. The van der Waals surface area contributed by atoms with Crippen LogP contribution in [0.15, 0.2) is 30.3 Å². The Labute approximate surface area is 120 Å². The number of carbonyl (C=O) groups excluding carboxylic acids is 1. The van der Waals surface area contributed by atoms with Crippen LogP contribution in [0.5, 0.6) is 5.75 Å². The van der Waals surface area contributed by atoms with Gasteiger partial charge in [0.2, 0.25) is 5.91 Å². The van der Waals surface area contributed by atoms with Gasteiger partial charge in [-0.2, -0.15) is 5.10 Å². The number of aromatic nitrogens is 2. The van der Waals surface area contributed by atoms with Gasteiger partial charge in [-0.25, -0.2) is 4.79 Å². The smallest absolute Gasteiger partial charge is 0.353 e. The molecular formula is C14H15N3O4. The molecule has 1 aromatic carbocycles. The number of aromatic carboxylic acids is 1. The van der Waals surface area contributed by atoms with E-state index in [1.807, 2.05) is 24.3 Å². The molecule has 1 aromatic heterocycles. The van der Waals surface area contributed by atoms with Gasteiger partial charge in [0.15, 0.2) is 5.82 Å². The highest BCUT2D eigenvalue weighted by atomic mass is 16.5. The molecule has 0 radical (unpaired) electrons. The highest BCUT2D eigenvalue weighted by Gasteiger charge is 2.10. The van der Waals surface area contributed by atoms with Crippen molar-refractivity contribution in [2.75, 3.05) is 12.4 Å². The summed E-state index contributed by atoms with van der Waals surface area (Å²) in [6, 6.07) is 8.74. The van der Waals surface area contributed by atoms with Crippen molar-refractivity contribution in [3.8, 4) is 5.75 Å². The molecule has 7 nitrogen and oxygen atoms in total. The second kappa shape index (κ2) is 6.56. The summed E-state index contributed by atoms with van der Waals surface area (Å²) >= 11 is 0. The maximum Gasteiger partial charge on any atom is 0.353 e. The summed E-state index contributed by atoms with van der Waals surface area (Å²) in [6.45, 7) is 0. The average Bonchev–Trinajstić information content (AvgIpc) is 2.94. The number of nitrogens with zero attached hydrogens (tertiary/aromatic N) is 1. The number of hydrogen-bond acceptors (Lipinski definition) is 4. The van der Waals surface area contributed by atoms with Crippen molar-refractivity contribution in [3.05, 3.63) is 41.6 Å². The predicted molar refractivity (Wildman–Crippen MR) is 75.5 cm³/mol. The molecule has 0 spiro atoms. The third-order valence-corrected chi connectivity index (χ3v) is 2.85. The average molecular weight is 289 g/mol. The normalized spacial score (nSPS) is 10.1. The first-order chi connectivity index (χ1) is 10.1. The summed E-state index contributed by atoms with van der Waals surface area (Å²) in [5.41, 5.74) is 0.913. The molecular weight excluding hydrogens is 274 g/mol. The van der Waals surface area contributed by atoms with E-state index < -0.39 is 5.97 Å². The fourth-order valence-electron chi connectivity index (χ4n) is 1.79. The number of aryl methyl sites for hydroxylation is 1. The number of rotatable bonds is 6. The Bertz CT molecular complexity index is 651. The van der Waals surface area contributed by atoms with E-state index in [0.29, 0.717) is 6.42 Å². The van der Waals surface area contributed by atoms with E-state index in [2.05, 4.69) is 15.5 Å². The van der Waals surface area contributed by atoms with Crippen LogP contribution in [0.1, 0.15) is 22.5 Å². The molecule has 7 heteroatoms. The molecule has 0 bridgehead atoms. The molecule has 0 aliphatic rings. The third-order valence-electron chi connectivity index (χ3n) is 2.85. The van der Waals surface area contributed by atoms with Crippen molar-refractivity contribution in [3.63, 3.8) is 0 Å². The zero-order valence-electron chi connectivity index (χ0n) is 11.4. The van der Waals surface area contributed by atoms with Crippen molar-refractivity contribution in [2.45, 2.75) is 12.8 Å². The first-order valence-corrected chi connectivity index (χ1v) is 6.30. The van der Waals surface area contributed by atoms with Gasteiger partial charge in [-0.05, 0) is 24.1 Å². The Balaban J connectivity index is 1.87. The minimum absolute atomic E-state index is 0.0712. The van der Waals surface area contributed by atoms with Crippen LogP contribution in [-0.4, -0.2) is 34.3 Å². The second-order valence-corrected chi connectivity index (χ2v) is 4.37. The number of aromatic amines is 1. The second-order valence-electron chi connectivity index (χ2n) is 4.37. The van der Waals surface area contributed by atoms with E-state index in [-0.39, 0.29) is 23.8 Å². The molecule has 0 aliphatic heterocycles. The van der Waals surface area contributed by atoms with Crippen molar-refractivity contribution in [1.29, 1.82) is 0 Å². The number of hydrogen-bond donors (Lipinski definition) is 3. The number of methoxy groups -OCH3 is 1. The molecule has 0 aliphatic carbocycles. The predicted octanol–water partition coefficient (Wildman–Crippen LogP) is 1.69. The number of amides is 1. The SMILES string of the molecule is COc1cccc(CCC(=O)Nc2cc(C(=O)O)[nH]n2)c1. The lowest BCUT2D eigenvalue weighted by Gasteiger charge is -2.04. The summed E-state index contributed by atoms with van der Waals surface area (Å²) in [4.78, 5) is 22.5. The minimum Gasteiger partial charge on any atom is -0.497 e. The Kier molecular flexibility index (Phi) is 4.55. The van der Waals surface area contributed by atoms with E-state index in [4.69, 9.17) is 9.84 Å². The zero-order chi connectivity index (χ0) is 15.2. The summed E-state index contributed by atoms with van der Waals surface area (Å²) < 4.78 is 5.11. The number of carboxylic acids is 1. The molecule has 2 aromatic rings. The van der Waals surface area contributed by atoms with E-state index in [9.17, 15) is 9.59 Å². The lowest BCUT2D eigenvalue weighted by atomic mass is 10.1. The lowest BCUT2D eigenvalue weighted by Crippen LogP contribution is -2.12. The molecule has 1 heterocycles. The number of anilines is 1. The Morgan fingerprint density at radius 2 is 2.19 bits per heavy atom. The molecule has 2 rings (SSSR count). The van der Waals surface area contributed by atoms with E-state index in [1.54, 1.807) is 7.11 Å². The molecule has 0 unspecified atom stereocenters. The van der Waals surface area contributed by atoms with Gasteiger partial charge >= 0.3 is 5.97 Å². The fourth-order valence-corrected chi connectivity index (χ4v) is 1.79. The maximum absolute atomic E-state index is 11.8. The molecule has 0 fully saturated rings. The Hall–Kier alpha value is -2.83. The number of H-pyrrole nitrogens is 1. The molecule has 21 heavy (non-hydrogen) atoms. The van der Waals surface area contributed by atoms with Crippen LogP contribution in [0.25, 0.3) is 0 Å².